The number of nitrogens with two attached hydrogens (primary N) is 1. The molecular formula is C9H13N3O2. The first-order valence-corrected chi connectivity index (χ1v) is 4.71. The highest BCUT2D eigenvalue weighted by molar-refractivity contribution is 5.25. The molecule has 0 bridgehead atoms. The van der Waals surface area contributed by atoms with Gasteiger partial charge in [-0.1, -0.05) is 0 Å². The van der Waals surface area contributed by atoms with E-state index < -0.39 is 0 Å². The van der Waals surface area contributed by atoms with Crippen molar-refractivity contribution < 1.29 is 4.74 Å². The Balaban J connectivity index is 2.11. The molecule has 1 aliphatic heterocycles. The van der Waals surface area contributed by atoms with Crippen LogP contribution in [0.25, 0.3) is 0 Å². The second-order valence-corrected chi connectivity index (χ2v) is 3.46. The molecule has 14 heavy (non-hydrogen) atoms. The molecular weight excluding hydrogens is 182 g/mol. The van der Waals surface area contributed by atoms with Gasteiger partial charge in [0.25, 0.3) is 5.56 Å². The van der Waals surface area contributed by atoms with E-state index in [9.17, 15) is 4.79 Å². The molecule has 0 radical (unpaired) electrons. The van der Waals surface area contributed by atoms with Gasteiger partial charge in [0.1, 0.15) is 11.6 Å². The summed E-state index contributed by atoms with van der Waals surface area (Å²) >= 11 is 0. The number of anilines is 1. The fourth-order valence-corrected chi connectivity index (χ4v) is 1.65. The van der Waals surface area contributed by atoms with Crippen molar-refractivity contribution in [3.63, 3.8) is 0 Å². The molecule has 5 nitrogen and oxygen atoms in total. The molecule has 0 aromatic carbocycles. The minimum Gasteiger partial charge on any atom is -0.383 e. The Kier molecular flexibility index (Phi) is 2.49. The SMILES string of the molecule is Nc1cc(=O)[nH]c(CC2CCCO2)n1. The van der Waals surface area contributed by atoms with Crippen LogP contribution < -0.4 is 11.3 Å². The van der Waals surface area contributed by atoms with Crippen molar-refractivity contribution in [2.75, 3.05) is 12.3 Å². The standard InChI is InChI=1S/C9H13N3O2/c10-7-5-9(13)12-8(11-7)4-6-2-1-3-14-6/h5-6H,1-4H2,(H3,10,11,12,13). The van der Waals surface area contributed by atoms with Gasteiger partial charge in [-0.05, 0) is 12.8 Å². The van der Waals surface area contributed by atoms with E-state index in [1.54, 1.807) is 0 Å². The molecule has 3 N–H and O–H groups in total. The average molecular weight is 195 g/mol. The van der Waals surface area contributed by atoms with Crippen LogP contribution >= 0.6 is 0 Å². The summed E-state index contributed by atoms with van der Waals surface area (Å²) in [6.45, 7) is 0.803. The van der Waals surface area contributed by atoms with Gasteiger partial charge in [-0.3, -0.25) is 4.79 Å². The van der Waals surface area contributed by atoms with E-state index in [0.717, 1.165) is 19.4 Å². The predicted molar refractivity (Wildman–Crippen MR) is 51.9 cm³/mol. The summed E-state index contributed by atoms with van der Waals surface area (Å²) in [5.74, 6) is 0.878. The number of aromatic nitrogens is 2. The molecule has 0 spiro atoms. The zero-order valence-corrected chi connectivity index (χ0v) is 7.82. The Hall–Kier alpha value is -1.36. The molecule has 1 fully saturated rings. The maximum atomic E-state index is 11.1. The second-order valence-electron chi connectivity index (χ2n) is 3.46. The van der Waals surface area contributed by atoms with Gasteiger partial charge >= 0.3 is 0 Å². The summed E-state index contributed by atoms with van der Waals surface area (Å²) in [6, 6.07) is 1.28. The van der Waals surface area contributed by atoms with Gasteiger partial charge in [-0.15, -0.1) is 0 Å². The number of hydrogen-bond donors (Lipinski definition) is 2. The molecule has 0 saturated carbocycles. The average Bonchev–Trinajstić information content (AvgIpc) is 2.54. The molecule has 1 aromatic rings. The maximum Gasteiger partial charge on any atom is 0.252 e. The van der Waals surface area contributed by atoms with Crippen molar-refractivity contribution in [1.29, 1.82) is 0 Å². The fourth-order valence-electron chi connectivity index (χ4n) is 1.65. The van der Waals surface area contributed by atoms with Gasteiger partial charge in [0.15, 0.2) is 0 Å². The van der Waals surface area contributed by atoms with Crippen LogP contribution in [0.1, 0.15) is 18.7 Å². The molecule has 5 heteroatoms. The van der Waals surface area contributed by atoms with Crippen molar-refractivity contribution in [1.82, 2.24) is 9.97 Å². The summed E-state index contributed by atoms with van der Waals surface area (Å²) < 4.78 is 5.43. The van der Waals surface area contributed by atoms with E-state index >= 15 is 0 Å². The topological polar surface area (TPSA) is 81.0 Å². The number of rotatable bonds is 2. The molecule has 1 saturated heterocycles. The van der Waals surface area contributed by atoms with Crippen molar-refractivity contribution in [3.8, 4) is 0 Å². The summed E-state index contributed by atoms with van der Waals surface area (Å²) in [7, 11) is 0. The Morgan fingerprint density at radius 2 is 2.57 bits per heavy atom. The summed E-state index contributed by atoms with van der Waals surface area (Å²) in [5, 5.41) is 0. The molecule has 1 unspecified atom stereocenters. The van der Waals surface area contributed by atoms with Crippen LogP contribution in [0, 0.1) is 0 Å². The maximum absolute atomic E-state index is 11.1. The van der Waals surface area contributed by atoms with E-state index in [1.165, 1.54) is 6.07 Å². The third-order valence-corrected chi connectivity index (χ3v) is 2.26. The first kappa shape index (κ1) is 9.21. The van der Waals surface area contributed by atoms with Crippen LogP contribution in [0.2, 0.25) is 0 Å². The lowest BCUT2D eigenvalue weighted by Crippen LogP contribution is -2.17. The molecule has 76 valence electrons. The fraction of sp³-hybridized carbons (Fsp3) is 0.556. The number of aromatic amines is 1. The number of nitrogens with zero attached hydrogens (tertiary/aromatic N) is 1. The lowest BCUT2D eigenvalue weighted by molar-refractivity contribution is 0.110. The van der Waals surface area contributed by atoms with Crippen molar-refractivity contribution in [2.45, 2.75) is 25.4 Å². The van der Waals surface area contributed by atoms with Gasteiger partial charge < -0.3 is 15.5 Å². The smallest absolute Gasteiger partial charge is 0.252 e. The molecule has 1 aromatic heterocycles. The second kappa shape index (κ2) is 3.79. The number of hydrogen-bond acceptors (Lipinski definition) is 4. The molecule has 1 atom stereocenters. The zero-order valence-electron chi connectivity index (χ0n) is 7.82. The Morgan fingerprint density at radius 1 is 1.71 bits per heavy atom. The van der Waals surface area contributed by atoms with E-state index in [4.69, 9.17) is 10.5 Å². The summed E-state index contributed by atoms with van der Waals surface area (Å²) in [5.41, 5.74) is 5.26. The molecule has 0 aliphatic carbocycles. The van der Waals surface area contributed by atoms with Gasteiger partial charge in [0, 0.05) is 19.1 Å². The van der Waals surface area contributed by atoms with Crippen LogP contribution in [-0.4, -0.2) is 22.7 Å². The molecule has 2 rings (SSSR count). The van der Waals surface area contributed by atoms with E-state index in [2.05, 4.69) is 9.97 Å². The van der Waals surface area contributed by atoms with Crippen molar-refractivity contribution in [2.24, 2.45) is 0 Å². The first-order valence-electron chi connectivity index (χ1n) is 4.71. The van der Waals surface area contributed by atoms with Crippen LogP contribution in [-0.2, 0) is 11.2 Å². The van der Waals surface area contributed by atoms with Crippen LogP contribution in [0.15, 0.2) is 10.9 Å². The lowest BCUT2D eigenvalue weighted by Gasteiger charge is -2.07. The molecule has 1 aliphatic rings. The number of nitrogens with one attached hydrogen (secondary N) is 1. The van der Waals surface area contributed by atoms with E-state index in [0.29, 0.717) is 12.2 Å². The lowest BCUT2D eigenvalue weighted by atomic mass is 10.2. The Morgan fingerprint density at radius 3 is 3.21 bits per heavy atom. The zero-order chi connectivity index (χ0) is 9.97. The monoisotopic (exact) mass is 195 g/mol. The number of ether oxygens (including phenoxy) is 1. The van der Waals surface area contributed by atoms with Gasteiger partial charge in [-0.2, -0.15) is 0 Å². The van der Waals surface area contributed by atoms with E-state index in [1.807, 2.05) is 0 Å². The minimum absolute atomic E-state index is 0.181. The Labute approximate surface area is 81.3 Å². The van der Waals surface area contributed by atoms with Gasteiger partial charge in [0.05, 0.1) is 6.10 Å². The highest BCUT2D eigenvalue weighted by atomic mass is 16.5. The quantitative estimate of drug-likeness (QED) is 0.700. The number of nitrogen functional groups attached to an aromatic ring is 1. The highest BCUT2D eigenvalue weighted by Gasteiger charge is 2.17. The van der Waals surface area contributed by atoms with Crippen LogP contribution in [0.5, 0.6) is 0 Å². The predicted octanol–water partition coefficient (Wildman–Crippen LogP) is 0.0736. The number of H-pyrrole nitrogens is 1. The van der Waals surface area contributed by atoms with Crippen LogP contribution in [0.4, 0.5) is 5.82 Å². The summed E-state index contributed by atoms with van der Waals surface area (Å²) in [6.07, 6.45) is 2.93. The summed E-state index contributed by atoms with van der Waals surface area (Å²) in [4.78, 5) is 17.8. The highest BCUT2D eigenvalue weighted by Crippen LogP contribution is 2.14. The third kappa shape index (κ3) is 2.11. The van der Waals surface area contributed by atoms with E-state index in [-0.39, 0.29) is 17.5 Å². The van der Waals surface area contributed by atoms with Gasteiger partial charge in [-0.25, -0.2) is 4.98 Å². The largest absolute Gasteiger partial charge is 0.383 e. The van der Waals surface area contributed by atoms with Crippen molar-refractivity contribution in [3.05, 3.63) is 22.2 Å². The van der Waals surface area contributed by atoms with Crippen molar-refractivity contribution >= 4 is 5.82 Å². The normalized spacial score (nSPS) is 21.3. The first-order chi connectivity index (χ1) is 6.74. The molecule has 0 amide bonds. The molecule has 2 heterocycles. The Bertz CT molecular complexity index is 369. The van der Waals surface area contributed by atoms with Gasteiger partial charge in [0.2, 0.25) is 0 Å². The van der Waals surface area contributed by atoms with Crippen LogP contribution in [0.3, 0.4) is 0 Å². The third-order valence-electron chi connectivity index (χ3n) is 2.26. The minimum atomic E-state index is -0.203.